The molecule has 0 fully saturated rings. The molecule has 4 heterocycles. The monoisotopic (exact) mass is 354 g/mol. The summed E-state index contributed by atoms with van der Waals surface area (Å²) in [6, 6.07) is 5.62. The van der Waals surface area contributed by atoms with Gasteiger partial charge in [0.15, 0.2) is 0 Å². The fraction of sp³-hybridized carbons (Fsp3) is 0.278. The summed E-state index contributed by atoms with van der Waals surface area (Å²) in [4.78, 5) is 22.7. The van der Waals surface area contributed by atoms with Crippen molar-refractivity contribution in [2.45, 2.75) is 26.3 Å². The number of nitrogens with one attached hydrogen (secondary N) is 1. The summed E-state index contributed by atoms with van der Waals surface area (Å²) in [7, 11) is 0. The third-order valence-corrected chi connectivity index (χ3v) is 5.38. The molecule has 6 nitrogen and oxygen atoms in total. The van der Waals surface area contributed by atoms with Crippen LogP contribution in [0.25, 0.3) is 10.2 Å². The van der Waals surface area contributed by atoms with Crippen LogP contribution in [0.2, 0.25) is 0 Å². The molecule has 1 aliphatic heterocycles. The van der Waals surface area contributed by atoms with E-state index in [4.69, 9.17) is 10.5 Å². The molecule has 0 spiro atoms. The maximum atomic E-state index is 12.7. The van der Waals surface area contributed by atoms with Crippen molar-refractivity contribution < 1.29 is 9.53 Å². The van der Waals surface area contributed by atoms with E-state index in [-0.39, 0.29) is 11.9 Å². The van der Waals surface area contributed by atoms with Crippen LogP contribution in [0.15, 0.2) is 24.4 Å². The molecule has 3 aromatic heterocycles. The van der Waals surface area contributed by atoms with Crippen molar-refractivity contribution in [3.05, 3.63) is 46.2 Å². The Hall–Kier alpha value is -2.67. The second kappa shape index (κ2) is 6.00. The normalized spacial score (nSPS) is 16.3. The Labute approximate surface area is 149 Å². The molecule has 7 heteroatoms. The number of nitrogens with zero attached hydrogens (tertiary/aromatic N) is 2. The van der Waals surface area contributed by atoms with E-state index in [9.17, 15) is 4.79 Å². The zero-order valence-electron chi connectivity index (χ0n) is 14.0. The SMILES string of the molecule is Cc1cc2c(cn1)C[C@@H](NC(=O)c1sc3nc(C)ccc3c1N)CO2. The van der Waals surface area contributed by atoms with Crippen LogP contribution in [-0.4, -0.2) is 28.5 Å². The van der Waals surface area contributed by atoms with Gasteiger partial charge in [0.05, 0.1) is 11.7 Å². The Balaban J connectivity index is 1.55. The summed E-state index contributed by atoms with van der Waals surface area (Å²) in [5.74, 6) is 0.661. The van der Waals surface area contributed by atoms with Crippen LogP contribution in [0.1, 0.15) is 26.6 Å². The number of fused-ring (bicyclic) bond motifs is 2. The summed E-state index contributed by atoms with van der Waals surface area (Å²) in [6.07, 6.45) is 2.50. The average molecular weight is 354 g/mol. The third kappa shape index (κ3) is 2.91. The van der Waals surface area contributed by atoms with E-state index < -0.39 is 0 Å². The smallest absolute Gasteiger partial charge is 0.263 e. The Morgan fingerprint density at radius 1 is 1.36 bits per heavy atom. The van der Waals surface area contributed by atoms with Gasteiger partial charge in [-0.05, 0) is 26.0 Å². The second-order valence-corrected chi connectivity index (χ2v) is 7.27. The first-order valence-electron chi connectivity index (χ1n) is 8.06. The lowest BCUT2D eigenvalue weighted by Gasteiger charge is -2.25. The fourth-order valence-corrected chi connectivity index (χ4v) is 4.01. The van der Waals surface area contributed by atoms with Crippen molar-refractivity contribution in [2.75, 3.05) is 12.3 Å². The Kier molecular flexibility index (Phi) is 3.80. The van der Waals surface area contributed by atoms with Gasteiger partial charge in [-0.25, -0.2) is 4.98 Å². The quantitative estimate of drug-likeness (QED) is 0.738. The van der Waals surface area contributed by atoms with Crippen molar-refractivity contribution in [1.29, 1.82) is 0 Å². The molecule has 3 N–H and O–H groups in total. The van der Waals surface area contributed by atoms with Crippen LogP contribution >= 0.6 is 11.3 Å². The molecule has 4 rings (SSSR count). The molecular weight excluding hydrogens is 336 g/mol. The number of amides is 1. The van der Waals surface area contributed by atoms with Gasteiger partial charge in [-0.2, -0.15) is 0 Å². The number of anilines is 1. The van der Waals surface area contributed by atoms with Gasteiger partial charge >= 0.3 is 0 Å². The van der Waals surface area contributed by atoms with Crippen molar-refractivity contribution in [3.63, 3.8) is 0 Å². The summed E-state index contributed by atoms with van der Waals surface area (Å²) in [5.41, 5.74) is 9.47. The largest absolute Gasteiger partial charge is 0.491 e. The molecule has 0 saturated heterocycles. The number of rotatable bonds is 2. The molecule has 25 heavy (non-hydrogen) atoms. The lowest BCUT2D eigenvalue weighted by atomic mass is 10.0. The highest BCUT2D eigenvalue weighted by Gasteiger charge is 2.24. The minimum atomic E-state index is -0.185. The molecule has 1 amide bonds. The van der Waals surface area contributed by atoms with Crippen molar-refractivity contribution in [3.8, 4) is 5.75 Å². The van der Waals surface area contributed by atoms with Crippen molar-refractivity contribution in [1.82, 2.24) is 15.3 Å². The Bertz CT molecular complexity index is 983. The van der Waals surface area contributed by atoms with Crippen molar-refractivity contribution in [2.24, 2.45) is 0 Å². The molecule has 128 valence electrons. The Morgan fingerprint density at radius 3 is 3.04 bits per heavy atom. The zero-order chi connectivity index (χ0) is 17.6. The van der Waals surface area contributed by atoms with E-state index in [0.29, 0.717) is 23.6 Å². The second-order valence-electron chi connectivity index (χ2n) is 6.27. The number of ether oxygens (including phenoxy) is 1. The predicted molar refractivity (Wildman–Crippen MR) is 98.2 cm³/mol. The lowest BCUT2D eigenvalue weighted by molar-refractivity contribution is 0.0920. The highest BCUT2D eigenvalue weighted by molar-refractivity contribution is 7.21. The Morgan fingerprint density at radius 2 is 2.20 bits per heavy atom. The highest BCUT2D eigenvalue weighted by Crippen LogP contribution is 2.33. The fourth-order valence-electron chi connectivity index (χ4n) is 2.97. The van der Waals surface area contributed by atoms with E-state index in [1.807, 2.05) is 38.2 Å². The number of thiophene rings is 1. The van der Waals surface area contributed by atoms with Gasteiger partial charge in [0.25, 0.3) is 5.91 Å². The summed E-state index contributed by atoms with van der Waals surface area (Å²) in [5, 5.41) is 3.84. The van der Waals surface area contributed by atoms with Gasteiger partial charge < -0.3 is 15.8 Å². The van der Waals surface area contributed by atoms with Gasteiger partial charge in [-0.1, -0.05) is 0 Å². The number of aryl methyl sites for hydroxylation is 2. The average Bonchev–Trinajstić information content (AvgIpc) is 2.91. The first-order valence-corrected chi connectivity index (χ1v) is 8.87. The van der Waals surface area contributed by atoms with Gasteiger partial charge in [-0.3, -0.25) is 9.78 Å². The summed E-state index contributed by atoms with van der Waals surface area (Å²) >= 11 is 1.32. The molecule has 0 aromatic carbocycles. The molecule has 0 bridgehead atoms. The van der Waals surface area contributed by atoms with Crippen LogP contribution in [0.3, 0.4) is 0 Å². The van der Waals surface area contributed by atoms with Gasteiger partial charge in [0, 0.05) is 41.0 Å². The van der Waals surface area contributed by atoms with Crippen LogP contribution in [0.5, 0.6) is 5.75 Å². The van der Waals surface area contributed by atoms with E-state index >= 15 is 0 Å². The number of nitrogen functional groups attached to an aromatic ring is 1. The molecule has 3 aromatic rings. The van der Waals surface area contributed by atoms with E-state index in [1.165, 1.54) is 11.3 Å². The molecule has 0 unspecified atom stereocenters. The lowest BCUT2D eigenvalue weighted by Crippen LogP contribution is -2.42. The summed E-state index contributed by atoms with van der Waals surface area (Å²) in [6.45, 7) is 4.28. The van der Waals surface area contributed by atoms with Gasteiger partial charge in [0.2, 0.25) is 0 Å². The summed E-state index contributed by atoms with van der Waals surface area (Å²) < 4.78 is 5.76. The van der Waals surface area contributed by atoms with Crippen LogP contribution in [-0.2, 0) is 6.42 Å². The number of hydrogen-bond donors (Lipinski definition) is 2. The van der Waals surface area contributed by atoms with Crippen LogP contribution < -0.4 is 15.8 Å². The number of carbonyl (C=O) groups is 1. The van der Waals surface area contributed by atoms with E-state index in [0.717, 1.165) is 32.9 Å². The maximum absolute atomic E-state index is 12.7. The molecule has 0 saturated carbocycles. The van der Waals surface area contributed by atoms with Crippen LogP contribution in [0, 0.1) is 13.8 Å². The molecule has 1 aliphatic rings. The molecule has 0 radical (unpaired) electrons. The zero-order valence-corrected chi connectivity index (χ0v) is 14.8. The minimum Gasteiger partial charge on any atom is -0.491 e. The number of pyridine rings is 2. The first kappa shape index (κ1) is 15.8. The van der Waals surface area contributed by atoms with Gasteiger partial charge in [0.1, 0.15) is 22.1 Å². The number of nitrogens with two attached hydrogens (primary N) is 1. The maximum Gasteiger partial charge on any atom is 0.263 e. The van der Waals surface area contributed by atoms with E-state index in [1.54, 1.807) is 0 Å². The molecular formula is C18H18N4O2S. The third-order valence-electron chi connectivity index (χ3n) is 4.26. The predicted octanol–water partition coefficient (Wildman–Crippen LogP) is 2.62. The topological polar surface area (TPSA) is 90.1 Å². The van der Waals surface area contributed by atoms with E-state index in [2.05, 4.69) is 15.3 Å². The molecule has 0 aliphatic carbocycles. The number of aromatic nitrogens is 2. The van der Waals surface area contributed by atoms with Crippen LogP contribution in [0.4, 0.5) is 5.69 Å². The first-order chi connectivity index (χ1) is 12.0. The standard InChI is InChI=1S/C18H18N4O2S/c1-9-3-4-13-15(19)16(25-18(13)21-9)17(23)22-12-6-11-7-20-10(2)5-14(11)24-8-12/h3-5,7,12H,6,8,19H2,1-2H3,(H,22,23)/t12-/m1/s1. The highest BCUT2D eigenvalue weighted by atomic mass is 32.1. The van der Waals surface area contributed by atoms with Crippen molar-refractivity contribution >= 4 is 33.1 Å². The number of carbonyl (C=O) groups excluding carboxylic acids is 1. The van der Waals surface area contributed by atoms with Gasteiger partial charge in [-0.15, -0.1) is 11.3 Å². The molecule has 1 atom stereocenters. The number of hydrogen-bond acceptors (Lipinski definition) is 6. The minimum absolute atomic E-state index is 0.108.